The van der Waals surface area contributed by atoms with Crippen molar-refractivity contribution in [3.63, 3.8) is 0 Å². The van der Waals surface area contributed by atoms with Crippen molar-refractivity contribution in [1.29, 1.82) is 0 Å². The molecule has 0 saturated carbocycles. The number of hydrogen-bond acceptors (Lipinski definition) is 9. The first kappa shape index (κ1) is 29.5. The number of rotatable bonds is 10. The molecule has 0 bridgehead atoms. The second kappa shape index (κ2) is 11.4. The monoisotopic (exact) mass is 578 g/mol. The zero-order chi connectivity index (χ0) is 27.6. The zero-order valence-corrected chi connectivity index (χ0v) is 23.2. The van der Waals surface area contributed by atoms with Gasteiger partial charge in [0.25, 0.3) is 5.85 Å². The smallest absolute Gasteiger partial charge is 0.380 e. The van der Waals surface area contributed by atoms with Crippen molar-refractivity contribution < 1.29 is 41.8 Å². The Hall–Kier alpha value is -2.02. The SMILES string of the molecule is CC(C)OC(=O)[C@H](C)CP(=O)(OC[C@@]1(F)O[C@@H](n2ccc(=S)[nH]c2=S)C(C)(F)[C@H]1O)Oc1ccccc1. The van der Waals surface area contributed by atoms with Crippen molar-refractivity contribution in [2.45, 2.75) is 57.7 Å². The highest BCUT2D eigenvalue weighted by Gasteiger charge is 2.65. The van der Waals surface area contributed by atoms with E-state index in [0.29, 0.717) is 0 Å². The summed E-state index contributed by atoms with van der Waals surface area (Å²) in [7, 11) is -4.27. The highest BCUT2D eigenvalue weighted by atomic mass is 32.1. The fraction of sp³-hybridized carbons (Fsp3) is 0.522. The average Bonchev–Trinajstić information content (AvgIpc) is 2.98. The van der Waals surface area contributed by atoms with E-state index in [9.17, 15) is 14.5 Å². The molecule has 1 saturated heterocycles. The van der Waals surface area contributed by atoms with E-state index in [1.807, 2.05) is 0 Å². The fourth-order valence-electron chi connectivity index (χ4n) is 3.68. The van der Waals surface area contributed by atoms with Crippen molar-refractivity contribution in [2.24, 2.45) is 5.92 Å². The summed E-state index contributed by atoms with van der Waals surface area (Å²) in [6, 6.07) is 9.31. The lowest BCUT2D eigenvalue weighted by molar-refractivity contribution is -0.203. The van der Waals surface area contributed by atoms with Gasteiger partial charge in [0.15, 0.2) is 22.8 Å². The number of carbonyl (C=O) groups is 1. The number of aromatic nitrogens is 2. The second-order valence-corrected chi connectivity index (χ2v) is 12.0. The van der Waals surface area contributed by atoms with Gasteiger partial charge in [0, 0.05) is 6.20 Å². The number of H-pyrrole nitrogens is 1. The zero-order valence-electron chi connectivity index (χ0n) is 20.6. The summed E-state index contributed by atoms with van der Waals surface area (Å²) in [5, 5.41) is 10.6. The van der Waals surface area contributed by atoms with Gasteiger partial charge in [0.05, 0.1) is 18.2 Å². The number of aliphatic hydroxyl groups excluding tert-OH is 1. The largest absolute Gasteiger partial charge is 0.463 e. The molecule has 2 heterocycles. The second-order valence-electron chi connectivity index (χ2n) is 9.19. The molecule has 0 radical (unpaired) electrons. The number of esters is 1. The van der Waals surface area contributed by atoms with Crippen LogP contribution >= 0.6 is 32.0 Å². The van der Waals surface area contributed by atoms with Crippen LogP contribution in [0.4, 0.5) is 8.78 Å². The third-order valence-corrected chi connectivity index (χ3v) is 8.09. The molecule has 14 heteroatoms. The molecule has 0 spiro atoms. The molecule has 1 fully saturated rings. The summed E-state index contributed by atoms with van der Waals surface area (Å²) < 4.78 is 67.9. The molecule has 2 unspecified atom stereocenters. The van der Waals surface area contributed by atoms with Crippen molar-refractivity contribution in [2.75, 3.05) is 12.8 Å². The Balaban J connectivity index is 1.86. The summed E-state index contributed by atoms with van der Waals surface area (Å²) in [4.78, 5) is 15.0. The Bertz CT molecular complexity index is 1270. The minimum atomic E-state index is -4.27. The Morgan fingerprint density at radius 1 is 1.24 bits per heavy atom. The van der Waals surface area contributed by atoms with Crippen LogP contribution in [0, 0.1) is 15.3 Å². The maximum Gasteiger partial charge on any atom is 0.380 e. The van der Waals surface area contributed by atoms with Crippen LogP contribution in [0.15, 0.2) is 42.6 Å². The molecule has 1 aliphatic rings. The van der Waals surface area contributed by atoms with Crippen LogP contribution in [0.3, 0.4) is 0 Å². The summed E-state index contributed by atoms with van der Waals surface area (Å²) in [5.74, 6) is -4.62. The van der Waals surface area contributed by atoms with E-state index in [0.717, 1.165) is 11.5 Å². The minimum absolute atomic E-state index is 0.0608. The van der Waals surface area contributed by atoms with Crippen LogP contribution in [0.2, 0.25) is 0 Å². The number of carbonyl (C=O) groups excluding carboxylic acids is 1. The lowest BCUT2D eigenvalue weighted by Gasteiger charge is -2.28. The Labute approximate surface area is 223 Å². The van der Waals surface area contributed by atoms with Crippen molar-refractivity contribution >= 4 is 38.0 Å². The number of alkyl halides is 2. The number of aromatic amines is 1. The molecule has 204 valence electrons. The van der Waals surface area contributed by atoms with Gasteiger partial charge >= 0.3 is 13.6 Å². The van der Waals surface area contributed by atoms with Crippen LogP contribution in [-0.2, 0) is 23.4 Å². The molecular formula is C23H29F2N2O7PS2. The van der Waals surface area contributed by atoms with Gasteiger partial charge in [-0.2, -0.15) is 0 Å². The number of halogens is 2. The molecule has 2 N–H and O–H groups in total. The van der Waals surface area contributed by atoms with Gasteiger partial charge in [0.2, 0.25) is 0 Å². The standard InChI is InChI=1S/C23H29F2N2O7PS2/c1-14(2)32-18(28)15(3)12-35(30,34-16-8-6-5-7-9-16)31-13-23(25)19(29)22(4,24)20(33-23)27-11-10-17(36)26-21(27)37/h5-11,14-15,19-20,29H,12-13H2,1-4H3,(H,26,36,37)/t15-,19-,20-,22?,23-,35?/m1/s1. The summed E-state index contributed by atoms with van der Waals surface area (Å²) in [6.07, 6.45) is -3.65. The van der Waals surface area contributed by atoms with Crippen LogP contribution in [0.5, 0.6) is 5.75 Å². The molecule has 3 rings (SSSR count). The Morgan fingerprint density at radius 3 is 2.49 bits per heavy atom. The molecule has 1 aromatic carbocycles. The summed E-state index contributed by atoms with van der Waals surface area (Å²) >= 11 is 10.1. The summed E-state index contributed by atoms with van der Waals surface area (Å²) in [5.41, 5.74) is -2.67. The first-order valence-electron chi connectivity index (χ1n) is 11.4. The molecule has 37 heavy (non-hydrogen) atoms. The first-order valence-corrected chi connectivity index (χ1v) is 14.0. The van der Waals surface area contributed by atoms with Gasteiger partial charge in [-0.3, -0.25) is 13.9 Å². The van der Waals surface area contributed by atoms with Crippen LogP contribution in [-0.4, -0.2) is 57.1 Å². The number of para-hydroxylation sites is 1. The van der Waals surface area contributed by atoms with E-state index in [1.165, 1.54) is 31.3 Å². The molecule has 1 aliphatic heterocycles. The highest BCUT2D eigenvalue weighted by molar-refractivity contribution is 7.72. The van der Waals surface area contributed by atoms with E-state index in [4.69, 9.17) is 43.0 Å². The van der Waals surface area contributed by atoms with Crippen molar-refractivity contribution in [1.82, 2.24) is 9.55 Å². The third-order valence-electron chi connectivity index (χ3n) is 5.53. The van der Waals surface area contributed by atoms with Gasteiger partial charge < -0.3 is 24.1 Å². The van der Waals surface area contributed by atoms with E-state index >= 15 is 8.78 Å². The maximum atomic E-state index is 15.9. The van der Waals surface area contributed by atoms with E-state index in [-0.39, 0.29) is 15.2 Å². The lowest BCUT2D eigenvalue weighted by atomic mass is 9.97. The molecule has 6 atom stereocenters. The van der Waals surface area contributed by atoms with Crippen molar-refractivity contribution in [3.05, 3.63) is 52.0 Å². The third kappa shape index (κ3) is 6.90. The Kier molecular flexibility index (Phi) is 9.09. The van der Waals surface area contributed by atoms with Gasteiger partial charge in [-0.05, 0) is 51.2 Å². The lowest BCUT2D eigenvalue weighted by Crippen LogP contribution is -2.46. The van der Waals surface area contributed by atoms with Gasteiger partial charge in [0.1, 0.15) is 17.0 Å². The quantitative estimate of drug-likeness (QED) is 0.216. The van der Waals surface area contributed by atoms with Crippen LogP contribution < -0.4 is 4.52 Å². The topological polar surface area (TPSA) is 112 Å². The number of nitrogens with zero attached hydrogens (tertiary/aromatic N) is 1. The number of aliphatic hydroxyl groups is 1. The fourth-order valence-corrected chi connectivity index (χ4v) is 6.04. The number of nitrogens with one attached hydrogen (secondary N) is 1. The summed E-state index contributed by atoms with van der Waals surface area (Å²) in [6.45, 7) is 4.54. The molecule has 1 aromatic heterocycles. The predicted molar refractivity (Wildman–Crippen MR) is 136 cm³/mol. The van der Waals surface area contributed by atoms with Crippen LogP contribution in [0.25, 0.3) is 0 Å². The first-order chi connectivity index (χ1) is 17.2. The van der Waals surface area contributed by atoms with Crippen LogP contribution in [0.1, 0.15) is 33.9 Å². The predicted octanol–water partition coefficient (Wildman–Crippen LogP) is 5.44. The molecule has 9 nitrogen and oxygen atoms in total. The molecule has 2 aromatic rings. The van der Waals surface area contributed by atoms with Gasteiger partial charge in [-0.25, -0.2) is 13.3 Å². The minimum Gasteiger partial charge on any atom is -0.463 e. The van der Waals surface area contributed by atoms with Crippen molar-refractivity contribution in [3.8, 4) is 5.75 Å². The average molecular weight is 579 g/mol. The number of hydrogen-bond donors (Lipinski definition) is 2. The molecule has 0 amide bonds. The Morgan fingerprint density at radius 2 is 1.89 bits per heavy atom. The number of ether oxygens (including phenoxy) is 2. The van der Waals surface area contributed by atoms with E-state index in [1.54, 1.807) is 32.0 Å². The normalized spacial score (nSPS) is 28.0. The highest BCUT2D eigenvalue weighted by Crippen LogP contribution is 2.54. The van der Waals surface area contributed by atoms with E-state index < -0.39 is 62.2 Å². The molecule has 0 aliphatic carbocycles. The molecular weight excluding hydrogens is 549 g/mol. The number of benzene rings is 1. The van der Waals surface area contributed by atoms with Gasteiger partial charge in [-0.15, -0.1) is 0 Å². The van der Waals surface area contributed by atoms with E-state index in [2.05, 4.69) is 4.98 Å². The maximum absolute atomic E-state index is 15.9. The van der Waals surface area contributed by atoms with Gasteiger partial charge in [-0.1, -0.05) is 37.3 Å².